The van der Waals surface area contributed by atoms with E-state index in [1.54, 1.807) is 41.3 Å². The number of fused-ring (bicyclic) bond motifs is 1. The maximum absolute atomic E-state index is 13.4. The zero-order valence-electron chi connectivity index (χ0n) is 16.3. The molecule has 30 heavy (non-hydrogen) atoms. The van der Waals surface area contributed by atoms with Crippen LogP contribution in [0.1, 0.15) is 45.5 Å². The summed E-state index contributed by atoms with van der Waals surface area (Å²) < 4.78 is 0. The average molecular weight is 407 g/mol. The maximum Gasteiger partial charge on any atom is 0.269 e. The van der Waals surface area contributed by atoms with Crippen molar-refractivity contribution in [3.63, 3.8) is 0 Å². The third-order valence-corrected chi connectivity index (χ3v) is 5.67. The quantitative estimate of drug-likeness (QED) is 0.431. The first-order valence-electron chi connectivity index (χ1n) is 9.96. The number of non-ortho nitro benzene ring substituents is 1. The zero-order chi connectivity index (χ0) is 21.3. The standard InChI is InChI=1S/C22H21N3O5/c26-20-17-6-2-3-7-18(17)21(27)24(20)19(22(28)23-12-4-1-5-13-23)14-15-8-10-16(11-9-15)25(29)30/h2-3,6-11,19H,1,4-5,12-14H2/t19-/m0/s1. The normalized spacial score (nSPS) is 17.1. The molecule has 4 rings (SSSR count). The maximum atomic E-state index is 13.4. The van der Waals surface area contributed by atoms with Crippen LogP contribution in [0.15, 0.2) is 48.5 Å². The molecular weight excluding hydrogens is 386 g/mol. The summed E-state index contributed by atoms with van der Waals surface area (Å²) in [5.74, 6) is -1.22. The molecule has 1 saturated heterocycles. The topological polar surface area (TPSA) is 101 Å². The van der Waals surface area contributed by atoms with Gasteiger partial charge in [0.15, 0.2) is 0 Å². The molecule has 0 spiro atoms. The lowest BCUT2D eigenvalue weighted by Gasteiger charge is -2.33. The van der Waals surface area contributed by atoms with Crippen LogP contribution in [0.3, 0.4) is 0 Å². The second-order valence-corrected chi connectivity index (χ2v) is 7.56. The molecular formula is C22H21N3O5. The minimum Gasteiger partial charge on any atom is -0.341 e. The van der Waals surface area contributed by atoms with Gasteiger partial charge in [-0.05, 0) is 37.0 Å². The Kier molecular flexibility index (Phi) is 5.31. The second kappa shape index (κ2) is 8.06. The van der Waals surface area contributed by atoms with Crippen molar-refractivity contribution >= 4 is 23.4 Å². The lowest BCUT2D eigenvalue weighted by Crippen LogP contribution is -2.53. The van der Waals surface area contributed by atoms with Gasteiger partial charge in [0.2, 0.25) is 5.91 Å². The molecule has 3 amide bonds. The molecule has 8 nitrogen and oxygen atoms in total. The molecule has 0 aromatic heterocycles. The van der Waals surface area contributed by atoms with Gasteiger partial charge in [-0.1, -0.05) is 24.3 Å². The predicted molar refractivity (Wildman–Crippen MR) is 108 cm³/mol. The van der Waals surface area contributed by atoms with E-state index in [9.17, 15) is 24.5 Å². The van der Waals surface area contributed by atoms with Crippen molar-refractivity contribution in [1.29, 1.82) is 0 Å². The van der Waals surface area contributed by atoms with Crippen molar-refractivity contribution in [3.05, 3.63) is 75.3 Å². The summed E-state index contributed by atoms with van der Waals surface area (Å²) in [4.78, 5) is 52.6. The first kappa shape index (κ1) is 19.8. The number of amides is 3. The fraction of sp³-hybridized carbons (Fsp3) is 0.318. The monoisotopic (exact) mass is 407 g/mol. The average Bonchev–Trinajstić information content (AvgIpc) is 3.03. The molecule has 0 aliphatic carbocycles. The van der Waals surface area contributed by atoms with Crippen LogP contribution in [0.4, 0.5) is 5.69 Å². The number of likely N-dealkylation sites (tertiary alicyclic amines) is 1. The third kappa shape index (κ3) is 3.56. The van der Waals surface area contributed by atoms with Crippen molar-refractivity contribution in [2.45, 2.75) is 31.7 Å². The molecule has 0 saturated carbocycles. The lowest BCUT2D eigenvalue weighted by molar-refractivity contribution is -0.384. The van der Waals surface area contributed by atoms with Crippen molar-refractivity contribution < 1.29 is 19.3 Å². The Morgan fingerprint density at radius 3 is 2.03 bits per heavy atom. The molecule has 1 fully saturated rings. The molecule has 0 unspecified atom stereocenters. The van der Waals surface area contributed by atoms with Crippen LogP contribution < -0.4 is 0 Å². The highest BCUT2D eigenvalue weighted by Gasteiger charge is 2.43. The van der Waals surface area contributed by atoms with Crippen LogP contribution in [0.5, 0.6) is 0 Å². The third-order valence-electron chi connectivity index (χ3n) is 5.67. The van der Waals surface area contributed by atoms with Gasteiger partial charge in [0.05, 0.1) is 16.1 Å². The van der Waals surface area contributed by atoms with Gasteiger partial charge in [-0.15, -0.1) is 0 Å². The number of nitro benzene ring substituents is 1. The molecule has 154 valence electrons. The zero-order valence-corrected chi connectivity index (χ0v) is 16.3. The lowest BCUT2D eigenvalue weighted by atomic mass is 10.0. The molecule has 2 aromatic rings. The predicted octanol–water partition coefficient (Wildman–Crippen LogP) is 2.81. The summed E-state index contributed by atoms with van der Waals surface area (Å²) >= 11 is 0. The van der Waals surface area contributed by atoms with Gasteiger partial charge in [0.25, 0.3) is 17.5 Å². The second-order valence-electron chi connectivity index (χ2n) is 7.56. The Labute approximate surface area is 173 Å². The van der Waals surface area contributed by atoms with Crippen LogP contribution in [-0.2, 0) is 11.2 Å². The Morgan fingerprint density at radius 2 is 1.50 bits per heavy atom. The first-order chi connectivity index (χ1) is 14.5. The van der Waals surface area contributed by atoms with E-state index in [-0.39, 0.29) is 18.0 Å². The highest BCUT2D eigenvalue weighted by atomic mass is 16.6. The molecule has 0 N–H and O–H groups in total. The number of nitro groups is 1. The largest absolute Gasteiger partial charge is 0.341 e. The molecule has 0 bridgehead atoms. The van der Waals surface area contributed by atoms with E-state index in [1.165, 1.54) is 12.1 Å². The van der Waals surface area contributed by atoms with Crippen LogP contribution in [0, 0.1) is 10.1 Å². The van der Waals surface area contributed by atoms with Crippen molar-refractivity contribution in [2.75, 3.05) is 13.1 Å². The van der Waals surface area contributed by atoms with Crippen molar-refractivity contribution in [2.24, 2.45) is 0 Å². The summed E-state index contributed by atoms with van der Waals surface area (Å²) in [7, 11) is 0. The highest BCUT2D eigenvalue weighted by molar-refractivity contribution is 6.22. The van der Waals surface area contributed by atoms with Gasteiger partial charge < -0.3 is 4.90 Å². The number of nitrogens with zero attached hydrogens (tertiary/aromatic N) is 3. The number of rotatable bonds is 5. The summed E-state index contributed by atoms with van der Waals surface area (Å²) in [5.41, 5.74) is 1.18. The Bertz CT molecular complexity index is 977. The number of piperidine rings is 1. The molecule has 8 heteroatoms. The molecule has 1 atom stereocenters. The first-order valence-corrected chi connectivity index (χ1v) is 9.96. The summed E-state index contributed by atoms with van der Waals surface area (Å²) in [6.45, 7) is 1.19. The molecule has 2 aromatic carbocycles. The van der Waals surface area contributed by atoms with Crippen LogP contribution in [-0.4, -0.2) is 51.6 Å². The molecule has 2 aliphatic rings. The molecule has 2 heterocycles. The van der Waals surface area contributed by atoms with Crippen LogP contribution in [0.2, 0.25) is 0 Å². The fourth-order valence-corrected chi connectivity index (χ4v) is 4.08. The minimum atomic E-state index is -0.989. The Balaban J connectivity index is 1.67. The number of hydrogen-bond donors (Lipinski definition) is 0. The van der Waals surface area contributed by atoms with Crippen LogP contribution in [0.25, 0.3) is 0 Å². The molecule has 2 aliphatic heterocycles. The highest BCUT2D eigenvalue weighted by Crippen LogP contribution is 2.28. The summed E-state index contributed by atoms with van der Waals surface area (Å²) in [6, 6.07) is 11.4. The Hall–Kier alpha value is -3.55. The van der Waals surface area contributed by atoms with Crippen LogP contribution >= 0.6 is 0 Å². The van der Waals surface area contributed by atoms with Crippen molar-refractivity contribution in [3.8, 4) is 0 Å². The van der Waals surface area contributed by atoms with Gasteiger partial charge in [0, 0.05) is 31.6 Å². The van der Waals surface area contributed by atoms with E-state index < -0.39 is 22.8 Å². The number of benzene rings is 2. The fourth-order valence-electron chi connectivity index (χ4n) is 4.08. The smallest absolute Gasteiger partial charge is 0.269 e. The van der Waals surface area contributed by atoms with E-state index in [4.69, 9.17) is 0 Å². The van der Waals surface area contributed by atoms with E-state index in [0.717, 1.165) is 24.2 Å². The molecule has 0 radical (unpaired) electrons. The number of carbonyl (C=O) groups excluding carboxylic acids is 3. The number of imide groups is 1. The SMILES string of the molecule is O=C([C@H](Cc1ccc([N+](=O)[O-])cc1)N1C(=O)c2ccccc2C1=O)N1CCCCC1. The summed E-state index contributed by atoms with van der Waals surface area (Å²) in [6.07, 6.45) is 2.93. The van der Waals surface area contributed by atoms with E-state index in [0.29, 0.717) is 29.8 Å². The van der Waals surface area contributed by atoms with Gasteiger partial charge >= 0.3 is 0 Å². The van der Waals surface area contributed by atoms with Gasteiger partial charge in [-0.2, -0.15) is 0 Å². The van der Waals surface area contributed by atoms with E-state index in [2.05, 4.69) is 0 Å². The van der Waals surface area contributed by atoms with Gasteiger partial charge in [0.1, 0.15) is 6.04 Å². The van der Waals surface area contributed by atoms with E-state index in [1.807, 2.05) is 0 Å². The number of hydrogen-bond acceptors (Lipinski definition) is 5. The number of carbonyl (C=O) groups is 3. The minimum absolute atomic E-state index is 0.0570. The Morgan fingerprint density at radius 1 is 0.933 bits per heavy atom. The van der Waals surface area contributed by atoms with E-state index >= 15 is 0 Å². The van der Waals surface area contributed by atoms with Gasteiger partial charge in [-0.25, -0.2) is 0 Å². The van der Waals surface area contributed by atoms with Gasteiger partial charge in [-0.3, -0.25) is 29.4 Å². The summed E-state index contributed by atoms with van der Waals surface area (Å²) in [5, 5.41) is 10.9. The van der Waals surface area contributed by atoms with Crippen molar-refractivity contribution in [1.82, 2.24) is 9.80 Å².